The van der Waals surface area contributed by atoms with Gasteiger partial charge < -0.3 is 10.1 Å². The highest BCUT2D eigenvalue weighted by atomic mass is 16.5. The third-order valence-corrected chi connectivity index (χ3v) is 5.63. The number of amides is 1. The van der Waals surface area contributed by atoms with Crippen molar-refractivity contribution in [3.8, 4) is 5.75 Å². The summed E-state index contributed by atoms with van der Waals surface area (Å²) in [6.07, 6.45) is 5.23. The van der Waals surface area contributed by atoms with Gasteiger partial charge in [-0.25, -0.2) is 0 Å². The minimum atomic E-state index is -0.425. The molecule has 3 nitrogen and oxygen atoms in total. The van der Waals surface area contributed by atoms with Gasteiger partial charge in [0.2, 0.25) is 5.91 Å². The van der Waals surface area contributed by atoms with Gasteiger partial charge in [-0.3, -0.25) is 4.79 Å². The molecule has 1 N–H and O–H groups in total. The number of methoxy groups -OCH3 is 1. The second-order valence-corrected chi connectivity index (χ2v) is 7.61. The largest absolute Gasteiger partial charge is 0.496 e. The van der Waals surface area contributed by atoms with Crippen LogP contribution in [-0.2, 0) is 10.2 Å². The van der Waals surface area contributed by atoms with Crippen LogP contribution < -0.4 is 10.1 Å². The van der Waals surface area contributed by atoms with E-state index in [9.17, 15) is 4.79 Å². The number of ether oxygens (including phenoxy) is 1. The second-order valence-electron chi connectivity index (χ2n) is 7.61. The molecule has 3 heteroatoms. The average molecular weight is 351 g/mol. The highest BCUT2D eigenvalue weighted by Gasteiger charge is 2.41. The number of rotatable bonds is 4. The third-order valence-electron chi connectivity index (χ3n) is 5.63. The van der Waals surface area contributed by atoms with E-state index in [2.05, 4.69) is 36.5 Å². The molecule has 0 saturated heterocycles. The van der Waals surface area contributed by atoms with Gasteiger partial charge in [-0.1, -0.05) is 49.1 Å². The summed E-state index contributed by atoms with van der Waals surface area (Å²) in [6, 6.07) is 12.4. The Balaban J connectivity index is 1.94. The van der Waals surface area contributed by atoms with E-state index < -0.39 is 5.41 Å². The molecule has 2 aromatic carbocycles. The maximum atomic E-state index is 13.4. The van der Waals surface area contributed by atoms with Crippen LogP contribution in [0.25, 0.3) is 0 Å². The van der Waals surface area contributed by atoms with Crippen LogP contribution in [0, 0.1) is 20.8 Å². The molecule has 138 valence electrons. The van der Waals surface area contributed by atoms with Gasteiger partial charge in [-0.2, -0.15) is 0 Å². The SMILES string of the molecule is COc1c(C)cc(NC(=O)C2(c3cccc(C)c3)CCCCC2)cc1C. The van der Waals surface area contributed by atoms with Crippen molar-refractivity contribution in [2.45, 2.75) is 58.3 Å². The molecular formula is C23H29NO2. The standard InChI is InChI=1S/C23H29NO2/c1-16-9-8-10-19(13-16)23(11-6-5-7-12-23)22(25)24-20-14-17(2)21(26-4)18(3)15-20/h8-10,13-15H,5-7,11-12H2,1-4H3,(H,24,25). The van der Waals surface area contributed by atoms with Gasteiger partial charge in [0, 0.05) is 5.69 Å². The van der Waals surface area contributed by atoms with E-state index in [1.807, 2.05) is 26.0 Å². The molecule has 26 heavy (non-hydrogen) atoms. The van der Waals surface area contributed by atoms with Crippen LogP contribution in [0.5, 0.6) is 5.75 Å². The van der Waals surface area contributed by atoms with Gasteiger partial charge in [0.15, 0.2) is 0 Å². The summed E-state index contributed by atoms with van der Waals surface area (Å²) in [5, 5.41) is 3.21. The van der Waals surface area contributed by atoms with E-state index >= 15 is 0 Å². The van der Waals surface area contributed by atoms with Crippen LogP contribution in [0.1, 0.15) is 54.4 Å². The molecule has 1 aliphatic rings. The summed E-state index contributed by atoms with van der Waals surface area (Å²) >= 11 is 0. The maximum Gasteiger partial charge on any atom is 0.235 e. The molecule has 1 fully saturated rings. The van der Waals surface area contributed by atoms with Crippen molar-refractivity contribution in [2.75, 3.05) is 12.4 Å². The molecule has 0 aromatic heterocycles. The van der Waals surface area contributed by atoms with Gasteiger partial charge in [0.05, 0.1) is 12.5 Å². The van der Waals surface area contributed by atoms with Crippen molar-refractivity contribution in [3.63, 3.8) is 0 Å². The molecule has 0 unspecified atom stereocenters. The number of carbonyl (C=O) groups is 1. The fourth-order valence-corrected chi connectivity index (χ4v) is 4.34. The number of anilines is 1. The van der Waals surface area contributed by atoms with Gasteiger partial charge in [0.25, 0.3) is 0 Å². The van der Waals surface area contributed by atoms with Gasteiger partial charge in [-0.05, 0) is 62.4 Å². The molecular weight excluding hydrogens is 322 g/mol. The highest BCUT2D eigenvalue weighted by molar-refractivity contribution is 5.99. The zero-order valence-electron chi connectivity index (χ0n) is 16.3. The second kappa shape index (κ2) is 7.53. The Morgan fingerprint density at radius 1 is 1.00 bits per heavy atom. The number of aryl methyl sites for hydroxylation is 3. The van der Waals surface area contributed by atoms with Crippen LogP contribution in [0.3, 0.4) is 0 Å². The van der Waals surface area contributed by atoms with E-state index in [1.54, 1.807) is 7.11 Å². The van der Waals surface area contributed by atoms with Crippen molar-refractivity contribution >= 4 is 11.6 Å². The van der Waals surface area contributed by atoms with Gasteiger partial charge in [-0.15, -0.1) is 0 Å². The predicted octanol–water partition coefficient (Wildman–Crippen LogP) is 5.46. The molecule has 0 bridgehead atoms. The van der Waals surface area contributed by atoms with Crippen molar-refractivity contribution < 1.29 is 9.53 Å². The minimum absolute atomic E-state index is 0.117. The number of benzene rings is 2. The fraction of sp³-hybridized carbons (Fsp3) is 0.435. The summed E-state index contributed by atoms with van der Waals surface area (Å²) in [5.41, 5.74) is 4.86. The zero-order valence-corrected chi connectivity index (χ0v) is 16.3. The Morgan fingerprint density at radius 3 is 2.23 bits per heavy atom. The molecule has 0 atom stereocenters. The normalized spacial score (nSPS) is 16.2. The lowest BCUT2D eigenvalue weighted by Gasteiger charge is -2.36. The average Bonchev–Trinajstić information content (AvgIpc) is 2.62. The maximum absolute atomic E-state index is 13.4. The summed E-state index contributed by atoms with van der Waals surface area (Å²) < 4.78 is 5.44. The lowest BCUT2D eigenvalue weighted by atomic mass is 9.68. The zero-order chi connectivity index (χ0) is 18.7. The van der Waals surface area contributed by atoms with E-state index in [0.29, 0.717) is 0 Å². The molecule has 1 amide bonds. The van der Waals surface area contributed by atoms with Crippen LogP contribution in [-0.4, -0.2) is 13.0 Å². The summed E-state index contributed by atoms with van der Waals surface area (Å²) in [6.45, 7) is 6.12. The van der Waals surface area contributed by atoms with Crippen molar-refractivity contribution in [1.29, 1.82) is 0 Å². The number of hydrogen-bond donors (Lipinski definition) is 1. The Bertz CT molecular complexity index is 781. The van der Waals surface area contributed by atoms with Crippen LogP contribution in [0.15, 0.2) is 36.4 Å². The minimum Gasteiger partial charge on any atom is -0.496 e. The predicted molar refractivity (Wildman–Crippen MR) is 107 cm³/mol. The lowest BCUT2D eigenvalue weighted by molar-refractivity contribution is -0.122. The first-order valence-corrected chi connectivity index (χ1v) is 9.50. The van der Waals surface area contributed by atoms with Gasteiger partial charge >= 0.3 is 0 Å². The molecule has 0 spiro atoms. The van der Waals surface area contributed by atoms with Crippen molar-refractivity contribution in [3.05, 3.63) is 58.7 Å². The van der Waals surface area contributed by atoms with Gasteiger partial charge in [0.1, 0.15) is 5.75 Å². The highest BCUT2D eigenvalue weighted by Crippen LogP contribution is 2.41. The van der Waals surface area contributed by atoms with Crippen LogP contribution in [0.2, 0.25) is 0 Å². The molecule has 3 rings (SSSR count). The number of carbonyl (C=O) groups excluding carboxylic acids is 1. The van der Waals surface area contributed by atoms with Crippen molar-refractivity contribution in [2.24, 2.45) is 0 Å². The lowest BCUT2D eigenvalue weighted by Crippen LogP contribution is -2.42. The Kier molecular flexibility index (Phi) is 5.36. The molecule has 2 aromatic rings. The fourth-order valence-electron chi connectivity index (χ4n) is 4.34. The third kappa shape index (κ3) is 3.48. The number of hydrogen-bond acceptors (Lipinski definition) is 2. The Hall–Kier alpha value is -2.29. The van der Waals surface area contributed by atoms with Crippen LogP contribution in [0.4, 0.5) is 5.69 Å². The van der Waals surface area contributed by atoms with Crippen LogP contribution >= 0.6 is 0 Å². The monoisotopic (exact) mass is 351 g/mol. The molecule has 1 aliphatic carbocycles. The molecule has 1 saturated carbocycles. The first-order valence-electron chi connectivity index (χ1n) is 9.50. The first kappa shape index (κ1) is 18.5. The van der Waals surface area contributed by atoms with E-state index in [4.69, 9.17) is 4.74 Å². The molecule has 0 radical (unpaired) electrons. The van der Waals surface area contributed by atoms with E-state index in [0.717, 1.165) is 53.8 Å². The first-order chi connectivity index (χ1) is 12.5. The Morgan fingerprint density at radius 2 is 1.65 bits per heavy atom. The van der Waals surface area contributed by atoms with Crippen molar-refractivity contribution in [1.82, 2.24) is 0 Å². The smallest absolute Gasteiger partial charge is 0.235 e. The quantitative estimate of drug-likeness (QED) is 0.794. The van der Waals surface area contributed by atoms with E-state index in [1.165, 1.54) is 12.0 Å². The topological polar surface area (TPSA) is 38.3 Å². The summed E-state index contributed by atoms with van der Waals surface area (Å²) in [7, 11) is 1.68. The van der Waals surface area contributed by atoms with E-state index in [-0.39, 0.29) is 5.91 Å². The number of nitrogens with one attached hydrogen (secondary N) is 1. The summed E-state index contributed by atoms with van der Waals surface area (Å²) in [4.78, 5) is 13.4. The Labute approximate surface area is 156 Å². The molecule has 0 aliphatic heterocycles. The summed E-state index contributed by atoms with van der Waals surface area (Å²) in [5.74, 6) is 1.00. The molecule has 0 heterocycles.